The van der Waals surface area contributed by atoms with Crippen LogP contribution in [-0.2, 0) is 15.3 Å². The van der Waals surface area contributed by atoms with E-state index in [1.807, 2.05) is 0 Å². The first-order valence-electron chi connectivity index (χ1n) is 5.49. The van der Waals surface area contributed by atoms with Crippen LogP contribution in [0.25, 0.3) is 0 Å². The highest BCUT2D eigenvalue weighted by molar-refractivity contribution is 7.99. The third kappa shape index (κ3) is 6.95. The molecule has 0 aliphatic carbocycles. The fraction of sp³-hybridized carbons (Fsp3) is 0.417. The minimum Gasteiger partial charge on any atom is -0.465 e. The molecule has 0 aliphatic rings. The van der Waals surface area contributed by atoms with Gasteiger partial charge in [-0.3, -0.25) is 4.79 Å². The van der Waals surface area contributed by atoms with E-state index >= 15 is 0 Å². The first kappa shape index (κ1) is 15.7. The summed E-state index contributed by atoms with van der Waals surface area (Å²) in [5.74, 6) is 0.177. The minimum atomic E-state index is -4.68. The van der Waals surface area contributed by atoms with Gasteiger partial charge >= 0.3 is 12.3 Å². The number of carbonyl (C=O) groups excluding carboxylic acids is 1. The molecule has 0 amide bonds. The van der Waals surface area contributed by atoms with Crippen molar-refractivity contribution in [3.8, 4) is 5.75 Å². The maximum Gasteiger partial charge on any atom is 0.573 e. The molecule has 0 unspecified atom stereocenters. The second kappa shape index (κ2) is 7.28. The second-order valence-corrected chi connectivity index (χ2v) is 4.48. The zero-order valence-corrected chi connectivity index (χ0v) is 11.0. The number of hydrogen-bond donors (Lipinski definition) is 0. The number of esters is 1. The molecular formula is C12H13F3O3S. The van der Waals surface area contributed by atoms with E-state index in [2.05, 4.69) is 4.74 Å². The van der Waals surface area contributed by atoms with Crippen LogP contribution >= 0.6 is 11.8 Å². The van der Waals surface area contributed by atoms with Crippen LogP contribution in [0.3, 0.4) is 0 Å². The fourth-order valence-electron chi connectivity index (χ4n) is 1.24. The van der Waals surface area contributed by atoms with Gasteiger partial charge in [0.05, 0.1) is 12.4 Å². The molecule has 0 fully saturated rings. The van der Waals surface area contributed by atoms with Crippen LogP contribution in [-0.4, -0.2) is 24.7 Å². The summed E-state index contributed by atoms with van der Waals surface area (Å²) in [6.45, 7) is 2.06. The van der Waals surface area contributed by atoms with Gasteiger partial charge in [-0.15, -0.1) is 24.9 Å². The maximum absolute atomic E-state index is 11.9. The predicted octanol–water partition coefficient (Wildman–Crippen LogP) is 3.38. The van der Waals surface area contributed by atoms with Crippen LogP contribution in [0.2, 0.25) is 0 Å². The number of halogens is 3. The predicted molar refractivity (Wildman–Crippen MR) is 65.9 cm³/mol. The smallest absolute Gasteiger partial charge is 0.465 e. The van der Waals surface area contributed by atoms with Crippen molar-refractivity contribution in [1.29, 1.82) is 0 Å². The van der Waals surface area contributed by atoms with E-state index in [1.54, 1.807) is 6.92 Å². The van der Waals surface area contributed by atoms with Crippen LogP contribution in [0.15, 0.2) is 24.3 Å². The molecule has 0 radical (unpaired) electrons. The Hall–Kier alpha value is -1.37. The molecule has 0 spiro atoms. The molecule has 3 nitrogen and oxygen atoms in total. The zero-order valence-electron chi connectivity index (χ0n) is 10.2. The lowest BCUT2D eigenvalue weighted by Crippen LogP contribution is -2.17. The number of ether oxygens (including phenoxy) is 2. The summed E-state index contributed by atoms with van der Waals surface area (Å²) in [5.41, 5.74) is 0.809. The molecule has 0 aliphatic heterocycles. The molecular weight excluding hydrogens is 281 g/mol. The van der Waals surface area contributed by atoms with Gasteiger partial charge in [0.25, 0.3) is 0 Å². The van der Waals surface area contributed by atoms with Gasteiger partial charge in [0.15, 0.2) is 0 Å². The summed E-state index contributed by atoms with van der Waals surface area (Å²) in [4.78, 5) is 11.1. The van der Waals surface area contributed by atoms with Crippen molar-refractivity contribution in [1.82, 2.24) is 0 Å². The SMILES string of the molecule is CCOC(=O)CSCc1ccc(OC(F)(F)F)cc1. The average Bonchev–Trinajstić information content (AvgIpc) is 2.30. The van der Waals surface area contributed by atoms with Crippen LogP contribution in [0.5, 0.6) is 5.75 Å². The Morgan fingerprint density at radius 2 is 1.89 bits per heavy atom. The fourth-order valence-corrected chi connectivity index (χ4v) is 2.02. The molecule has 0 bridgehead atoms. The Morgan fingerprint density at radius 3 is 2.42 bits per heavy atom. The van der Waals surface area contributed by atoms with Crippen LogP contribution in [0, 0.1) is 0 Å². The highest BCUT2D eigenvalue weighted by Crippen LogP contribution is 2.23. The van der Waals surface area contributed by atoms with Crippen molar-refractivity contribution in [2.75, 3.05) is 12.4 Å². The van der Waals surface area contributed by atoms with Crippen LogP contribution < -0.4 is 4.74 Å². The Balaban J connectivity index is 2.38. The summed E-state index contributed by atoms with van der Waals surface area (Å²) in [6, 6.07) is 5.54. The first-order chi connectivity index (χ1) is 8.90. The van der Waals surface area contributed by atoms with Crippen LogP contribution in [0.4, 0.5) is 13.2 Å². The third-order valence-corrected chi connectivity index (χ3v) is 2.93. The minimum absolute atomic E-state index is 0.217. The van der Waals surface area contributed by atoms with E-state index in [0.717, 1.165) is 5.56 Å². The number of thioether (sulfide) groups is 1. The van der Waals surface area contributed by atoms with Gasteiger partial charge in [0, 0.05) is 5.75 Å². The van der Waals surface area contributed by atoms with Gasteiger partial charge in [-0.2, -0.15) is 0 Å². The van der Waals surface area contributed by atoms with Crippen molar-refractivity contribution in [3.05, 3.63) is 29.8 Å². The van der Waals surface area contributed by atoms with Gasteiger partial charge < -0.3 is 9.47 Å². The van der Waals surface area contributed by atoms with Gasteiger partial charge in [-0.25, -0.2) is 0 Å². The molecule has 106 valence electrons. The van der Waals surface area contributed by atoms with E-state index in [-0.39, 0.29) is 17.5 Å². The Labute approximate surface area is 113 Å². The van der Waals surface area contributed by atoms with Gasteiger partial charge in [0.1, 0.15) is 5.75 Å². The number of hydrogen-bond acceptors (Lipinski definition) is 4. The summed E-state index contributed by atoms with van der Waals surface area (Å²) in [6.07, 6.45) is -4.68. The molecule has 0 atom stereocenters. The van der Waals surface area contributed by atoms with Crippen LogP contribution in [0.1, 0.15) is 12.5 Å². The second-order valence-electron chi connectivity index (χ2n) is 3.49. The summed E-state index contributed by atoms with van der Waals surface area (Å²) < 4.78 is 44.3. The maximum atomic E-state index is 11.9. The van der Waals surface area contributed by atoms with Crippen molar-refractivity contribution < 1.29 is 27.4 Å². The Kier molecular flexibility index (Phi) is 6.01. The lowest BCUT2D eigenvalue weighted by atomic mass is 10.2. The van der Waals surface area contributed by atoms with Gasteiger partial charge in [0.2, 0.25) is 0 Å². The first-order valence-corrected chi connectivity index (χ1v) is 6.64. The van der Waals surface area contributed by atoms with Gasteiger partial charge in [-0.05, 0) is 24.6 Å². The van der Waals surface area contributed by atoms with Crippen molar-refractivity contribution in [2.24, 2.45) is 0 Å². The molecule has 0 N–H and O–H groups in total. The zero-order chi connectivity index (χ0) is 14.3. The highest BCUT2D eigenvalue weighted by Gasteiger charge is 2.30. The van der Waals surface area contributed by atoms with Gasteiger partial charge in [-0.1, -0.05) is 12.1 Å². The number of carbonyl (C=O) groups is 1. The standard InChI is InChI=1S/C12H13F3O3S/c1-2-17-11(16)8-19-7-9-3-5-10(6-4-9)18-12(13,14)15/h3-6H,2,7-8H2,1H3. The Morgan fingerprint density at radius 1 is 1.26 bits per heavy atom. The molecule has 7 heteroatoms. The molecule has 0 heterocycles. The highest BCUT2D eigenvalue weighted by atomic mass is 32.2. The Bertz CT molecular complexity index is 404. The molecule has 1 aromatic rings. The van der Waals surface area contributed by atoms with E-state index in [9.17, 15) is 18.0 Å². The monoisotopic (exact) mass is 294 g/mol. The summed E-state index contributed by atoms with van der Waals surface area (Å²) >= 11 is 1.34. The molecule has 1 aromatic carbocycles. The van der Waals surface area contributed by atoms with Crippen molar-refractivity contribution in [2.45, 2.75) is 19.0 Å². The number of benzene rings is 1. The quantitative estimate of drug-likeness (QED) is 0.753. The normalized spacial score (nSPS) is 11.2. The summed E-state index contributed by atoms with van der Waals surface area (Å²) in [5, 5.41) is 0. The third-order valence-electron chi connectivity index (χ3n) is 1.95. The van der Waals surface area contributed by atoms with E-state index in [0.29, 0.717) is 12.4 Å². The number of alkyl halides is 3. The largest absolute Gasteiger partial charge is 0.573 e. The molecule has 0 saturated heterocycles. The van der Waals surface area contributed by atoms with Crippen molar-refractivity contribution >= 4 is 17.7 Å². The lowest BCUT2D eigenvalue weighted by Gasteiger charge is -2.09. The van der Waals surface area contributed by atoms with E-state index < -0.39 is 6.36 Å². The average molecular weight is 294 g/mol. The molecule has 0 aromatic heterocycles. The molecule has 1 rings (SSSR count). The number of rotatable bonds is 6. The lowest BCUT2D eigenvalue weighted by molar-refractivity contribution is -0.274. The molecule has 19 heavy (non-hydrogen) atoms. The topological polar surface area (TPSA) is 35.5 Å². The van der Waals surface area contributed by atoms with E-state index in [1.165, 1.54) is 36.0 Å². The molecule has 0 saturated carbocycles. The summed E-state index contributed by atoms with van der Waals surface area (Å²) in [7, 11) is 0. The van der Waals surface area contributed by atoms with E-state index in [4.69, 9.17) is 4.74 Å². The van der Waals surface area contributed by atoms with Crippen molar-refractivity contribution in [3.63, 3.8) is 0 Å².